The number of fused-ring (bicyclic) bond motifs is 1. The Balaban J connectivity index is 2.08. The lowest BCUT2D eigenvalue weighted by atomic mass is 10.3. The predicted molar refractivity (Wildman–Crippen MR) is 69.8 cm³/mol. The summed E-state index contributed by atoms with van der Waals surface area (Å²) < 4.78 is 6.25. The number of thiophene rings is 1. The van der Waals surface area contributed by atoms with E-state index in [1.54, 1.807) is 22.0 Å². The summed E-state index contributed by atoms with van der Waals surface area (Å²) in [4.78, 5) is 20.7. The van der Waals surface area contributed by atoms with Gasteiger partial charge in [-0.1, -0.05) is 6.07 Å². The van der Waals surface area contributed by atoms with Crippen LogP contribution in [0.3, 0.4) is 0 Å². The SMILES string of the molecule is COC(=O)Cc1nc2nccc(-c3cccs3)n2n1. The van der Waals surface area contributed by atoms with Crippen molar-refractivity contribution >= 4 is 23.1 Å². The molecule has 0 N–H and O–H groups in total. The van der Waals surface area contributed by atoms with Crippen LogP contribution < -0.4 is 0 Å². The molecule has 7 heteroatoms. The highest BCUT2D eigenvalue weighted by atomic mass is 32.1. The second-order valence-corrected chi connectivity index (χ2v) is 4.75. The van der Waals surface area contributed by atoms with Gasteiger partial charge in [-0.05, 0) is 17.5 Å². The molecule has 0 aromatic carbocycles. The lowest BCUT2D eigenvalue weighted by Gasteiger charge is -1.99. The summed E-state index contributed by atoms with van der Waals surface area (Å²) in [6.07, 6.45) is 1.73. The Morgan fingerprint density at radius 3 is 3.11 bits per heavy atom. The smallest absolute Gasteiger partial charge is 0.313 e. The normalized spacial score (nSPS) is 10.8. The highest BCUT2D eigenvalue weighted by Crippen LogP contribution is 2.23. The van der Waals surface area contributed by atoms with Gasteiger partial charge in [-0.25, -0.2) is 4.98 Å². The molecule has 3 heterocycles. The molecule has 0 aliphatic carbocycles. The minimum absolute atomic E-state index is 0.0454. The Labute approximate surface area is 112 Å². The minimum atomic E-state index is -0.367. The minimum Gasteiger partial charge on any atom is -0.469 e. The fourth-order valence-electron chi connectivity index (χ4n) is 1.72. The van der Waals surface area contributed by atoms with Gasteiger partial charge in [0.2, 0.25) is 0 Å². The number of rotatable bonds is 3. The summed E-state index contributed by atoms with van der Waals surface area (Å²) in [6.45, 7) is 0. The van der Waals surface area contributed by atoms with Gasteiger partial charge >= 0.3 is 5.97 Å². The zero-order valence-corrected chi connectivity index (χ0v) is 10.9. The first-order valence-corrected chi connectivity index (χ1v) is 6.47. The van der Waals surface area contributed by atoms with Gasteiger partial charge in [0.05, 0.1) is 17.7 Å². The Bertz CT molecular complexity index is 720. The highest BCUT2D eigenvalue weighted by molar-refractivity contribution is 7.13. The van der Waals surface area contributed by atoms with E-state index in [0.717, 1.165) is 10.6 Å². The average molecular weight is 274 g/mol. The molecule has 0 atom stereocenters. The molecule has 0 saturated heterocycles. The van der Waals surface area contributed by atoms with Gasteiger partial charge < -0.3 is 4.74 Å². The number of methoxy groups -OCH3 is 1. The molecule has 3 aromatic heterocycles. The molecule has 0 aliphatic rings. The van der Waals surface area contributed by atoms with Gasteiger partial charge in [-0.2, -0.15) is 9.50 Å². The summed E-state index contributed by atoms with van der Waals surface area (Å²) in [6, 6.07) is 5.84. The third-order valence-corrected chi connectivity index (χ3v) is 3.48. The maximum atomic E-state index is 11.2. The van der Waals surface area contributed by atoms with Crippen molar-refractivity contribution < 1.29 is 9.53 Å². The number of carbonyl (C=O) groups excluding carboxylic acids is 1. The van der Waals surface area contributed by atoms with Gasteiger partial charge in [0.25, 0.3) is 5.78 Å². The van der Waals surface area contributed by atoms with E-state index in [4.69, 9.17) is 0 Å². The first-order chi connectivity index (χ1) is 9.28. The Morgan fingerprint density at radius 1 is 1.47 bits per heavy atom. The number of hydrogen-bond acceptors (Lipinski definition) is 6. The summed E-state index contributed by atoms with van der Waals surface area (Å²) in [5.41, 5.74) is 0.906. The van der Waals surface area contributed by atoms with E-state index in [-0.39, 0.29) is 12.4 Å². The molecule has 3 rings (SSSR count). The molecular formula is C12H10N4O2S. The van der Waals surface area contributed by atoms with E-state index < -0.39 is 0 Å². The fraction of sp³-hybridized carbons (Fsp3) is 0.167. The van der Waals surface area contributed by atoms with E-state index >= 15 is 0 Å². The molecule has 0 fully saturated rings. The van der Waals surface area contributed by atoms with Crippen LogP contribution in [0.4, 0.5) is 0 Å². The zero-order chi connectivity index (χ0) is 13.2. The van der Waals surface area contributed by atoms with Crippen LogP contribution in [0, 0.1) is 0 Å². The maximum Gasteiger partial charge on any atom is 0.313 e. The summed E-state index contributed by atoms with van der Waals surface area (Å²) in [7, 11) is 1.34. The number of nitrogens with zero attached hydrogens (tertiary/aromatic N) is 4. The Kier molecular flexibility index (Phi) is 2.96. The molecule has 0 unspecified atom stereocenters. The largest absolute Gasteiger partial charge is 0.469 e. The molecule has 0 saturated carbocycles. The number of carbonyl (C=O) groups is 1. The number of ether oxygens (including phenoxy) is 1. The third-order valence-electron chi connectivity index (χ3n) is 2.59. The van der Waals surface area contributed by atoms with Gasteiger partial charge in [0.1, 0.15) is 6.42 Å². The Morgan fingerprint density at radius 2 is 2.37 bits per heavy atom. The first-order valence-electron chi connectivity index (χ1n) is 5.59. The van der Waals surface area contributed by atoms with Crippen molar-refractivity contribution in [2.75, 3.05) is 7.11 Å². The van der Waals surface area contributed by atoms with Gasteiger partial charge in [0, 0.05) is 6.20 Å². The second kappa shape index (κ2) is 4.77. The van der Waals surface area contributed by atoms with Gasteiger partial charge in [0.15, 0.2) is 5.82 Å². The first kappa shape index (κ1) is 11.8. The lowest BCUT2D eigenvalue weighted by molar-refractivity contribution is -0.139. The van der Waals surface area contributed by atoms with E-state index in [0.29, 0.717) is 11.6 Å². The van der Waals surface area contributed by atoms with Crippen molar-refractivity contribution in [3.63, 3.8) is 0 Å². The number of aromatic nitrogens is 4. The van der Waals surface area contributed by atoms with E-state index in [2.05, 4.69) is 19.8 Å². The average Bonchev–Trinajstić information content (AvgIpc) is 3.06. The third kappa shape index (κ3) is 2.19. The molecule has 3 aromatic rings. The van der Waals surface area contributed by atoms with Crippen LogP contribution in [0.1, 0.15) is 5.82 Å². The topological polar surface area (TPSA) is 69.4 Å². The monoisotopic (exact) mass is 274 g/mol. The molecule has 96 valence electrons. The van der Waals surface area contributed by atoms with Crippen LogP contribution in [0.2, 0.25) is 0 Å². The standard InChI is InChI=1S/C12H10N4O2S/c1-18-11(17)7-10-14-12-13-5-4-8(16(12)15-10)9-3-2-6-19-9/h2-6H,7H2,1H3. The van der Waals surface area contributed by atoms with Crippen molar-refractivity contribution in [3.05, 3.63) is 35.6 Å². The van der Waals surface area contributed by atoms with Crippen molar-refractivity contribution in [1.82, 2.24) is 19.6 Å². The molecular weight excluding hydrogens is 264 g/mol. The molecule has 6 nitrogen and oxygen atoms in total. The van der Waals surface area contributed by atoms with Crippen molar-refractivity contribution in [2.24, 2.45) is 0 Å². The van der Waals surface area contributed by atoms with E-state index in [1.807, 2.05) is 23.6 Å². The number of hydrogen-bond donors (Lipinski definition) is 0. The highest BCUT2D eigenvalue weighted by Gasteiger charge is 2.13. The molecule has 0 radical (unpaired) electrons. The van der Waals surface area contributed by atoms with Crippen LogP contribution in [0.15, 0.2) is 29.8 Å². The molecule has 0 aliphatic heterocycles. The lowest BCUT2D eigenvalue weighted by Crippen LogP contribution is -2.06. The van der Waals surface area contributed by atoms with Crippen molar-refractivity contribution in [3.8, 4) is 10.6 Å². The van der Waals surface area contributed by atoms with Crippen LogP contribution in [0.5, 0.6) is 0 Å². The summed E-state index contributed by atoms with van der Waals surface area (Å²) in [5, 5.41) is 6.30. The van der Waals surface area contributed by atoms with Crippen LogP contribution >= 0.6 is 11.3 Å². The number of esters is 1. The zero-order valence-electron chi connectivity index (χ0n) is 10.1. The van der Waals surface area contributed by atoms with Crippen molar-refractivity contribution in [1.29, 1.82) is 0 Å². The molecule has 0 amide bonds. The van der Waals surface area contributed by atoms with E-state index in [1.165, 1.54) is 7.11 Å². The van der Waals surface area contributed by atoms with Crippen LogP contribution in [-0.4, -0.2) is 32.7 Å². The quantitative estimate of drug-likeness (QED) is 0.678. The maximum absolute atomic E-state index is 11.2. The fourth-order valence-corrected chi connectivity index (χ4v) is 2.46. The summed E-state index contributed by atoms with van der Waals surface area (Å²) in [5.74, 6) is 0.515. The predicted octanol–water partition coefficient (Wildman–Crippen LogP) is 1.57. The van der Waals surface area contributed by atoms with Gasteiger partial charge in [-0.15, -0.1) is 16.4 Å². The van der Waals surface area contributed by atoms with Crippen molar-refractivity contribution in [2.45, 2.75) is 6.42 Å². The van der Waals surface area contributed by atoms with E-state index in [9.17, 15) is 4.79 Å². The second-order valence-electron chi connectivity index (χ2n) is 3.80. The molecule has 0 bridgehead atoms. The molecule has 19 heavy (non-hydrogen) atoms. The van der Waals surface area contributed by atoms with Gasteiger partial charge in [-0.3, -0.25) is 4.79 Å². The van der Waals surface area contributed by atoms with Crippen LogP contribution in [0.25, 0.3) is 16.3 Å². The Hall–Kier alpha value is -2.28. The van der Waals surface area contributed by atoms with Crippen LogP contribution in [-0.2, 0) is 16.0 Å². The summed E-state index contributed by atoms with van der Waals surface area (Å²) >= 11 is 1.61. The molecule has 0 spiro atoms.